The van der Waals surface area contributed by atoms with Gasteiger partial charge in [-0.2, -0.15) is 0 Å². The van der Waals surface area contributed by atoms with Crippen molar-refractivity contribution in [3.63, 3.8) is 0 Å². The average molecular weight is 368 g/mol. The molecular weight excluding hydrogens is 347 g/mol. The van der Waals surface area contributed by atoms with Crippen LogP contribution in [0.4, 0.5) is 4.39 Å². The Labute approximate surface area is 129 Å². The van der Waals surface area contributed by atoms with Crippen LogP contribution in [-0.4, -0.2) is 13.6 Å². The number of hydrogen-bond acceptors (Lipinski definition) is 1. The highest BCUT2D eigenvalue weighted by Gasteiger charge is 2.39. The average Bonchev–Trinajstić information content (AvgIpc) is 2.25. The summed E-state index contributed by atoms with van der Waals surface area (Å²) in [5.74, 6) is -0.310. The molecule has 0 aliphatic rings. The standard InChI is InChI=1S/C14H21BrClFOSi/c1-14(2,3)19(4,5)18-13(9-15)11-7-6-10(16)8-12(11)17/h6-8,13H,9H2,1-5H3. The van der Waals surface area contributed by atoms with Gasteiger partial charge >= 0.3 is 0 Å². The summed E-state index contributed by atoms with van der Waals surface area (Å²) in [5.41, 5.74) is 0.561. The highest BCUT2D eigenvalue weighted by atomic mass is 79.9. The molecule has 1 aromatic carbocycles. The van der Waals surface area contributed by atoms with Gasteiger partial charge in [0.1, 0.15) is 5.82 Å². The maximum atomic E-state index is 14.0. The molecule has 5 heteroatoms. The molecule has 0 saturated carbocycles. The monoisotopic (exact) mass is 366 g/mol. The second kappa shape index (κ2) is 6.25. The fraction of sp³-hybridized carbons (Fsp3) is 0.571. The van der Waals surface area contributed by atoms with Gasteiger partial charge in [0, 0.05) is 15.9 Å². The van der Waals surface area contributed by atoms with E-state index in [0.29, 0.717) is 15.9 Å². The van der Waals surface area contributed by atoms with Gasteiger partial charge in [0.05, 0.1) is 6.10 Å². The van der Waals surface area contributed by atoms with Crippen LogP contribution in [0.1, 0.15) is 32.4 Å². The van der Waals surface area contributed by atoms with Gasteiger partial charge in [-0.05, 0) is 30.3 Å². The molecule has 0 saturated heterocycles. The van der Waals surface area contributed by atoms with Crippen LogP contribution in [0.5, 0.6) is 0 Å². The van der Waals surface area contributed by atoms with E-state index in [1.165, 1.54) is 6.07 Å². The van der Waals surface area contributed by atoms with E-state index < -0.39 is 8.32 Å². The van der Waals surface area contributed by atoms with E-state index in [1.807, 2.05) is 0 Å². The minimum Gasteiger partial charge on any atom is -0.409 e. The van der Waals surface area contributed by atoms with Gasteiger partial charge in [-0.25, -0.2) is 4.39 Å². The summed E-state index contributed by atoms with van der Waals surface area (Å²) in [7, 11) is -1.94. The SMILES string of the molecule is CC(C)(C)[Si](C)(C)OC(CBr)c1ccc(Cl)cc1F. The van der Waals surface area contributed by atoms with Crippen molar-refractivity contribution in [1.82, 2.24) is 0 Å². The van der Waals surface area contributed by atoms with Crippen molar-refractivity contribution in [2.75, 3.05) is 5.33 Å². The van der Waals surface area contributed by atoms with Crippen molar-refractivity contribution in [1.29, 1.82) is 0 Å². The van der Waals surface area contributed by atoms with Crippen LogP contribution in [0.2, 0.25) is 23.2 Å². The van der Waals surface area contributed by atoms with Crippen LogP contribution in [0.25, 0.3) is 0 Å². The Morgan fingerprint density at radius 1 is 1.37 bits per heavy atom. The topological polar surface area (TPSA) is 9.23 Å². The number of benzene rings is 1. The fourth-order valence-corrected chi connectivity index (χ4v) is 3.63. The normalized spacial score (nSPS) is 14.5. The van der Waals surface area contributed by atoms with Gasteiger partial charge in [-0.15, -0.1) is 0 Å². The molecule has 19 heavy (non-hydrogen) atoms. The molecule has 0 aliphatic heterocycles. The van der Waals surface area contributed by atoms with E-state index in [0.717, 1.165) is 0 Å². The Kier molecular flexibility index (Phi) is 5.64. The molecule has 108 valence electrons. The zero-order valence-electron chi connectivity index (χ0n) is 12.1. The lowest BCUT2D eigenvalue weighted by atomic mass is 10.1. The van der Waals surface area contributed by atoms with Gasteiger partial charge < -0.3 is 4.43 Å². The summed E-state index contributed by atoms with van der Waals surface area (Å²) < 4.78 is 20.3. The molecule has 0 amide bonds. The first-order valence-electron chi connectivity index (χ1n) is 6.27. The quantitative estimate of drug-likeness (QED) is 0.473. The summed E-state index contributed by atoms with van der Waals surface area (Å²) in [4.78, 5) is 0. The Morgan fingerprint density at radius 2 is 1.95 bits per heavy atom. The molecule has 1 nitrogen and oxygen atoms in total. The molecule has 0 bridgehead atoms. The van der Waals surface area contributed by atoms with E-state index in [-0.39, 0.29) is 17.0 Å². The Bertz CT molecular complexity index is 446. The maximum absolute atomic E-state index is 14.0. The highest BCUT2D eigenvalue weighted by molar-refractivity contribution is 9.09. The summed E-state index contributed by atoms with van der Waals surface area (Å²) in [6, 6.07) is 4.74. The van der Waals surface area contributed by atoms with Crippen molar-refractivity contribution in [2.45, 2.75) is 45.0 Å². The lowest BCUT2D eigenvalue weighted by molar-refractivity contribution is 0.204. The van der Waals surface area contributed by atoms with Crippen LogP contribution in [0, 0.1) is 5.82 Å². The van der Waals surface area contributed by atoms with Gasteiger partial charge in [0.15, 0.2) is 8.32 Å². The molecule has 1 atom stereocenters. The summed E-state index contributed by atoms with van der Waals surface area (Å²) in [6.45, 7) is 10.8. The molecule has 0 fully saturated rings. The Morgan fingerprint density at radius 3 is 2.37 bits per heavy atom. The van der Waals surface area contributed by atoms with Crippen molar-refractivity contribution >= 4 is 35.8 Å². The zero-order valence-corrected chi connectivity index (χ0v) is 15.4. The zero-order chi connectivity index (χ0) is 14.8. The highest BCUT2D eigenvalue weighted by Crippen LogP contribution is 2.40. The van der Waals surface area contributed by atoms with Gasteiger partial charge in [-0.1, -0.05) is 54.4 Å². The van der Waals surface area contributed by atoms with E-state index >= 15 is 0 Å². The van der Waals surface area contributed by atoms with Gasteiger partial charge in [-0.3, -0.25) is 0 Å². The molecule has 0 N–H and O–H groups in total. The molecule has 0 aromatic heterocycles. The molecule has 0 aliphatic carbocycles. The Balaban J connectivity index is 3.02. The second-order valence-corrected chi connectivity index (χ2v) is 12.0. The first kappa shape index (κ1) is 17.1. The summed E-state index contributed by atoms with van der Waals surface area (Å²) >= 11 is 9.21. The number of alkyl halides is 1. The van der Waals surface area contributed by atoms with Crippen molar-refractivity contribution < 1.29 is 8.82 Å². The first-order chi connectivity index (χ1) is 8.58. The fourth-order valence-electron chi connectivity index (χ4n) is 1.47. The molecule has 0 spiro atoms. The summed E-state index contributed by atoms with van der Waals surface area (Å²) in [5, 5.41) is 1.07. The number of halogens is 3. The molecule has 1 unspecified atom stereocenters. The molecular formula is C14H21BrClFOSi. The van der Waals surface area contributed by atoms with Crippen molar-refractivity contribution in [3.8, 4) is 0 Å². The summed E-state index contributed by atoms with van der Waals surface area (Å²) in [6.07, 6.45) is -0.279. The van der Waals surface area contributed by atoms with Crippen molar-refractivity contribution in [3.05, 3.63) is 34.6 Å². The number of rotatable bonds is 4. The van der Waals surface area contributed by atoms with E-state index in [9.17, 15) is 4.39 Å². The van der Waals surface area contributed by atoms with Crippen LogP contribution in [0.15, 0.2) is 18.2 Å². The number of hydrogen-bond donors (Lipinski definition) is 0. The lowest BCUT2D eigenvalue weighted by Gasteiger charge is -2.39. The maximum Gasteiger partial charge on any atom is 0.192 e. The third kappa shape index (κ3) is 4.28. The van der Waals surface area contributed by atoms with Gasteiger partial charge in [0.25, 0.3) is 0 Å². The van der Waals surface area contributed by atoms with E-state index in [4.69, 9.17) is 16.0 Å². The third-order valence-corrected chi connectivity index (χ3v) is 9.00. The Hall–Kier alpha value is 0.0969. The molecule has 1 aromatic rings. The largest absolute Gasteiger partial charge is 0.409 e. The molecule has 0 heterocycles. The van der Waals surface area contributed by atoms with Crippen molar-refractivity contribution in [2.24, 2.45) is 0 Å². The van der Waals surface area contributed by atoms with E-state index in [1.54, 1.807) is 12.1 Å². The predicted molar refractivity (Wildman–Crippen MR) is 86.2 cm³/mol. The first-order valence-corrected chi connectivity index (χ1v) is 10.7. The van der Waals surface area contributed by atoms with Crippen LogP contribution >= 0.6 is 27.5 Å². The molecule has 0 radical (unpaired) electrons. The minimum atomic E-state index is -1.94. The smallest absolute Gasteiger partial charge is 0.192 e. The molecule has 1 rings (SSSR count). The van der Waals surface area contributed by atoms with Crippen LogP contribution in [-0.2, 0) is 4.43 Å². The third-order valence-electron chi connectivity index (χ3n) is 3.69. The van der Waals surface area contributed by atoms with E-state index in [2.05, 4.69) is 49.8 Å². The lowest BCUT2D eigenvalue weighted by Crippen LogP contribution is -2.42. The second-order valence-electron chi connectivity index (χ2n) is 6.19. The predicted octanol–water partition coefficient (Wildman–Crippen LogP) is 5.94. The van der Waals surface area contributed by atoms with Crippen LogP contribution < -0.4 is 0 Å². The van der Waals surface area contributed by atoms with Gasteiger partial charge in [0.2, 0.25) is 0 Å². The van der Waals surface area contributed by atoms with Crippen LogP contribution in [0.3, 0.4) is 0 Å². The minimum absolute atomic E-state index is 0.0936.